The van der Waals surface area contributed by atoms with Crippen LogP contribution in [0.3, 0.4) is 0 Å². The molecule has 0 amide bonds. The summed E-state index contributed by atoms with van der Waals surface area (Å²) in [5, 5.41) is 0.612. The van der Waals surface area contributed by atoms with Gasteiger partial charge in [0.1, 0.15) is 0 Å². The molecule has 1 aromatic carbocycles. The fraction of sp³-hybridized carbons (Fsp3) is 0.333. The summed E-state index contributed by atoms with van der Waals surface area (Å²) in [5.41, 5.74) is 6.46. The minimum atomic E-state index is 0.612. The molecule has 12 heavy (non-hydrogen) atoms. The van der Waals surface area contributed by atoms with Gasteiger partial charge in [0.05, 0.1) is 0 Å². The zero-order chi connectivity index (χ0) is 9.14. The Balaban J connectivity index is 2.82. The summed E-state index contributed by atoms with van der Waals surface area (Å²) in [5.74, 6) is 0. The van der Waals surface area contributed by atoms with Crippen LogP contribution in [0.5, 0.6) is 0 Å². The fourth-order valence-corrected chi connectivity index (χ4v) is 2.26. The van der Waals surface area contributed by atoms with E-state index in [9.17, 15) is 0 Å². The van der Waals surface area contributed by atoms with Crippen molar-refractivity contribution in [1.82, 2.24) is 0 Å². The lowest BCUT2D eigenvalue weighted by atomic mass is 10.3. The van der Waals surface area contributed by atoms with Crippen molar-refractivity contribution < 1.29 is 0 Å². The maximum atomic E-state index is 5.66. The van der Waals surface area contributed by atoms with Crippen molar-refractivity contribution in [2.45, 2.75) is 24.0 Å². The Morgan fingerprint density at radius 3 is 2.58 bits per heavy atom. The average Bonchev–Trinajstić information content (AvgIpc) is 1.96. The molecular formula is C9H12BrNS. The third-order valence-electron chi connectivity index (χ3n) is 1.34. The van der Waals surface area contributed by atoms with E-state index in [1.807, 2.05) is 23.9 Å². The van der Waals surface area contributed by atoms with Crippen LogP contribution in [0, 0.1) is 0 Å². The Kier molecular flexibility index (Phi) is 3.47. The zero-order valence-electron chi connectivity index (χ0n) is 7.17. The number of benzene rings is 1. The molecule has 2 N–H and O–H groups in total. The van der Waals surface area contributed by atoms with Crippen LogP contribution in [0.1, 0.15) is 13.8 Å². The highest BCUT2D eigenvalue weighted by Crippen LogP contribution is 2.28. The lowest BCUT2D eigenvalue weighted by molar-refractivity contribution is 1.11. The van der Waals surface area contributed by atoms with Crippen molar-refractivity contribution in [3.63, 3.8) is 0 Å². The van der Waals surface area contributed by atoms with Crippen LogP contribution in [-0.2, 0) is 0 Å². The van der Waals surface area contributed by atoms with Gasteiger partial charge in [-0.15, -0.1) is 11.8 Å². The molecule has 0 saturated heterocycles. The van der Waals surface area contributed by atoms with Crippen molar-refractivity contribution in [3.05, 3.63) is 22.7 Å². The normalized spacial score (nSPS) is 10.7. The van der Waals surface area contributed by atoms with E-state index in [1.165, 1.54) is 4.90 Å². The number of nitrogen functional groups attached to an aromatic ring is 1. The quantitative estimate of drug-likeness (QED) is 0.638. The van der Waals surface area contributed by atoms with Crippen molar-refractivity contribution in [2.24, 2.45) is 0 Å². The standard InChI is InChI=1S/C9H12BrNS/c1-6(2)12-7-3-4-9(11)8(10)5-7/h3-6H,11H2,1-2H3. The van der Waals surface area contributed by atoms with Crippen LogP contribution in [0.4, 0.5) is 5.69 Å². The van der Waals surface area contributed by atoms with E-state index in [-0.39, 0.29) is 0 Å². The molecule has 1 nitrogen and oxygen atoms in total. The molecule has 0 aliphatic rings. The highest BCUT2D eigenvalue weighted by Gasteiger charge is 2.00. The number of hydrogen-bond donors (Lipinski definition) is 1. The Morgan fingerprint density at radius 2 is 2.08 bits per heavy atom. The van der Waals surface area contributed by atoms with Gasteiger partial charge in [-0.2, -0.15) is 0 Å². The van der Waals surface area contributed by atoms with E-state index in [0.29, 0.717) is 5.25 Å². The molecule has 0 bridgehead atoms. The molecule has 0 fully saturated rings. The van der Waals surface area contributed by atoms with E-state index in [2.05, 4.69) is 35.8 Å². The molecule has 0 unspecified atom stereocenters. The fourth-order valence-electron chi connectivity index (χ4n) is 0.853. The third kappa shape index (κ3) is 2.72. The molecule has 0 aromatic heterocycles. The molecule has 66 valence electrons. The van der Waals surface area contributed by atoms with E-state index in [4.69, 9.17) is 5.73 Å². The monoisotopic (exact) mass is 245 g/mol. The Morgan fingerprint density at radius 1 is 1.42 bits per heavy atom. The summed E-state index contributed by atoms with van der Waals surface area (Å²) in [6.07, 6.45) is 0. The largest absolute Gasteiger partial charge is 0.398 e. The maximum absolute atomic E-state index is 5.66. The van der Waals surface area contributed by atoms with E-state index < -0.39 is 0 Å². The number of nitrogens with two attached hydrogens (primary N) is 1. The first kappa shape index (κ1) is 9.93. The van der Waals surface area contributed by atoms with Gasteiger partial charge < -0.3 is 5.73 Å². The van der Waals surface area contributed by atoms with Crippen LogP contribution in [0.25, 0.3) is 0 Å². The predicted octanol–water partition coefficient (Wildman–Crippen LogP) is 3.53. The Labute approximate surface area is 85.9 Å². The van der Waals surface area contributed by atoms with Gasteiger partial charge in [0.2, 0.25) is 0 Å². The highest BCUT2D eigenvalue weighted by molar-refractivity contribution is 9.10. The topological polar surface area (TPSA) is 26.0 Å². The molecule has 0 saturated carbocycles. The molecule has 1 rings (SSSR count). The van der Waals surface area contributed by atoms with Gasteiger partial charge in [0.25, 0.3) is 0 Å². The van der Waals surface area contributed by atoms with Gasteiger partial charge >= 0.3 is 0 Å². The summed E-state index contributed by atoms with van der Waals surface area (Å²) in [7, 11) is 0. The second-order valence-corrected chi connectivity index (χ2v) is 5.35. The summed E-state index contributed by atoms with van der Waals surface area (Å²) < 4.78 is 0.980. The number of thioether (sulfide) groups is 1. The molecule has 0 aliphatic heterocycles. The molecule has 0 heterocycles. The predicted molar refractivity (Wildman–Crippen MR) is 59.5 cm³/mol. The van der Waals surface area contributed by atoms with Gasteiger partial charge in [-0.3, -0.25) is 0 Å². The molecular weight excluding hydrogens is 234 g/mol. The number of halogens is 1. The van der Waals surface area contributed by atoms with Gasteiger partial charge in [0.15, 0.2) is 0 Å². The van der Waals surface area contributed by atoms with Gasteiger partial charge in [-0.05, 0) is 34.1 Å². The van der Waals surface area contributed by atoms with Crippen LogP contribution in [0.15, 0.2) is 27.6 Å². The van der Waals surface area contributed by atoms with Gasteiger partial charge in [-0.25, -0.2) is 0 Å². The number of anilines is 1. The van der Waals surface area contributed by atoms with Gasteiger partial charge in [0, 0.05) is 20.3 Å². The van der Waals surface area contributed by atoms with Crippen molar-refractivity contribution in [2.75, 3.05) is 5.73 Å². The maximum Gasteiger partial charge on any atom is 0.0459 e. The molecule has 0 aliphatic carbocycles. The Hall–Kier alpha value is -0.150. The molecule has 3 heteroatoms. The van der Waals surface area contributed by atoms with Crippen molar-refractivity contribution in [1.29, 1.82) is 0 Å². The second-order valence-electron chi connectivity index (χ2n) is 2.85. The lowest BCUT2D eigenvalue weighted by Crippen LogP contribution is -1.89. The van der Waals surface area contributed by atoms with Crippen LogP contribution >= 0.6 is 27.7 Å². The summed E-state index contributed by atoms with van der Waals surface area (Å²) >= 11 is 5.23. The minimum Gasteiger partial charge on any atom is -0.398 e. The first-order chi connectivity index (χ1) is 5.59. The molecule has 1 aromatic rings. The SMILES string of the molecule is CC(C)Sc1ccc(N)c(Br)c1. The molecule has 0 spiro atoms. The lowest BCUT2D eigenvalue weighted by Gasteiger charge is -2.05. The molecule has 0 radical (unpaired) electrons. The van der Waals surface area contributed by atoms with E-state index in [0.717, 1.165) is 10.2 Å². The van der Waals surface area contributed by atoms with E-state index in [1.54, 1.807) is 0 Å². The molecule has 0 atom stereocenters. The Bertz CT molecular complexity index is 273. The summed E-state index contributed by atoms with van der Waals surface area (Å²) in [6.45, 7) is 4.35. The first-order valence-corrected chi connectivity index (χ1v) is 5.48. The highest BCUT2D eigenvalue weighted by atomic mass is 79.9. The smallest absolute Gasteiger partial charge is 0.0459 e. The zero-order valence-corrected chi connectivity index (χ0v) is 9.58. The summed E-state index contributed by atoms with van der Waals surface area (Å²) in [6, 6.07) is 6.03. The van der Waals surface area contributed by atoms with Crippen LogP contribution < -0.4 is 5.73 Å². The van der Waals surface area contributed by atoms with Crippen LogP contribution in [-0.4, -0.2) is 5.25 Å². The first-order valence-electron chi connectivity index (χ1n) is 3.81. The number of hydrogen-bond acceptors (Lipinski definition) is 2. The second kappa shape index (κ2) is 4.19. The number of rotatable bonds is 2. The van der Waals surface area contributed by atoms with Crippen molar-refractivity contribution in [3.8, 4) is 0 Å². The summed E-state index contributed by atoms with van der Waals surface area (Å²) in [4.78, 5) is 1.26. The van der Waals surface area contributed by atoms with Gasteiger partial charge in [-0.1, -0.05) is 13.8 Å². The minimum absolute atomic E-state index is 0.612. The average molecular weight is 246 g/mol. The van der Waals surface area contributed by atoms with Crippen LogP contribution in [0.2, 0.25) is 0 Å². The van der Waals surface area contributed by atoms with E-state index >= 15 is 0 Å². The van der Waals surface area contributed by atoms with Crippen molar-refractivity contribution >= 4 is 33.4 Å². The third-order valence-corrected chi connectivity index (χ3v) is 3.03.